The third-order valence-corrected chi connectivity index (χ3v) is 4.50. The zero-order valence-electron chi connectivity index (χ0n) is 15.3. The van der Waals surface area contributed by atoms with Crippen LogP contribution in [0.15, 0.2) is 28.7 Å². The van der Waals surface area contributed by atoms with E-state index in [1.54, 1.807) is 4.90 Å². The highest BCUT2D eigenvalue weighted by Crippen LogP contribution is 2.33. The molecule has 0 radical (unpaired) electrons. The van der Waals surface area contributed by atoms with Gasteiger partial charge in [0.15, 0.2) is 0 Å². The normalized spacial score (nSPS) is 16.2. The molecule has 1 aliphatic rings. The maximum absolute atomic E-state index is 13.0. The Morgan fingerprint density at radius 3 is 2.36 bits per heavy atom. The third kappa shape index (κ3) is 3.54. The summed E-state index contributed by atoms with van der Waals surface area (Å²) in [6.45, 7) is 8.48. The number of carbonyl (C=O) groups excluding carboxylic acids is 2. The maximum Gasteiger partial charge on any atom is 0.291 e. The SMILES string of the molecule is CN1CCN(C(=O)c2oc3ccccc3c2NC(=O)C(C)(C)C)CC1. The number of hydrogen-bond donors (Lipinski definition) is 1. The number of nitrogens with zero attached hydrogens (tertiary/aromatic N) is 2. The van der Waals surface area contributed by atoms with Gasteiger partial charge < -0.3 is 19.5 Å². The van der Waals surface area contributed by atoms with Gasteiger partial charge in [-0.3, -0.25) is 9.59 Å². The number of anilines is 1. The fraction of sp³-hybridized carbons (Fsp3) is 0.474. The van der Waals surface area contributed by atoms with Crippen molar-refractivity contribution in [1.29, 1.82) is 0 Å². The zero-order valence-corrected chi connectivity index (χ0v) is 15.3. The second-order valence-corrected chi connectivity index (χ2v) is 7.60. The quantitative estimate of drug-likeness (QED) is 0.911. The van der Waals surface area contributed by atoms with E-state index in [1.807, 2.05) is 52.1 Å². The Hall–Kier alpha value is -2.34. The molecule has 1 aliphatic heterocycles. The molecule has 1 fully saturated rings. The molecular weight excluding hydrogens is 318 g/mol. The van der Waals surface area contributed by atoms with E-state index in [9.17, 15) is 9.59 Å². The van der Waals surface area contributed by atoms with E-state index in [-0.39, 0.29) is 17.6 Å². The lowest BCUT2D eigenvalue weighted by Gasteiger charge is -2.32. The summed E-state index contributed by atoms with van der Waals surface area (Å²) in [4.78, 5) is 29.4. The van der Waals surface area contributed by atoms with Gasteiger partial charge in [-0.05, 0) is 19.2 Å². The molecular formula is C19H25N3O3. The fourth-order valence-electron chi connectivity index (χ4n) is 2.77. The van der Waals surface area contributed by atoms with Crippen LogP contribution < -0.4 is 5.32 Å². The minimum atomic E-state index is -0.563. The van der Waals surface area contributed by atoms with Crippen LogP contribution in [0.1, 0.15) is 31.3 Å². The summed E-state index contributed by atoms with van der Waals surface area (Å²) in [5.74, 6) is -0.108. The Labute approximate surface area is 147 Å². The molecule has 1 aromatic carbocycles. The molecule has 1 aromatic heterocycles. The van der Waals surface area contributed by atoms with Crippen LogP contribution in [-0.4, -0.2) is 54.8 Å². The van der Waals surface area contributed by atoms with Gasteiger partial charge in [-0.2, -0.15) is 0 Å². The number of furan rings is 1. The number of para-hydroxylation sites is 1. The minimum Gasteiger partial charge on any atom is -0.449 e. The van der Waals surface area contributed by atoms with Crippen LogP contribution in [0.2, 0.25) is 0 Å². The van der Waals surface area contributed by atoms with Crippen LogP contribution >= 0.6 is 0 Å². The topological polar surface area (TPSA) is 65.8 Å². The van der Waals surface area contributed by atoms with Crippen molar-refractivity contribution < 1.29 is 14.0 Å². The average Bonchev–Trinajstić information content (AvgIpc) is 2.93. The molecule has 0 saturated carbocycles. The van der Waals surface area contributed by atoms with Gasteiger partial charge in [0.1, 0.15) is 11.3 Å². The number of rotatable bonds is 2. The van der Waals surface area contributed by atoms with Gasteiger partial charge in [-0.1, -0.05) is 32.9 Å². The first-order valence-electron chi connectivity index (χ1n) is 8.58. The van der Waals surface area contributed by atoms with Crippen LogP contribution in [0, 0.1) is 5.41 Å². The fourth-order valence-corrected chi connectivity index (χ4v) is 2.77. The van der Waals surface area contributed by atoms with Crippen LogP contribution in [0.5, 0.6) is 0 Å². The number of benzene rings is 1. The number of hydrogen-bond acceptors (Lipinski definition) is 4. The number of piperazine rings is 1. The number of fused-ring (bicyclic) bond motifs is 1. The van der Waals surface area contributed by atoms with Crippen molar-refractivity contribution in [3.05, 3.63) is 30.0 Å². The first kappa shape index (κ1) is 17.5. The average molecular weight is 343 g/mol. The predicted molar refractivity (Wildman–Crippen MR) is 97.7 cm³/mol. The summed E-state index contributed by atoms with van der Waals surface area (Å²) >= 11 is 0. The molecule has 3 rings (SSSR count). The molecule has 0 bridgehead atoms. The van der Waals surface area contributed by atoms with Crippen molar-refractivity contribution in [2.45, 2.75) is 20.8 Å². The lowest BCUT2D eigenvalue weighted by atomic mass is 9.95. The molecule has 6 nitrogen and oxygen atoms in total. The van der Waals surface area contributed by atoms with E-state index < -0.39 is 5.41 Å². The van der Waals surface area contributed by atoms with Gasteiger partial charge in [0, 0.05) is 37.0 Å². The Balaban J connectivity index is 1.98. The molecule has 0 spiro atoms. The highest BCUT2D eigenvalue weighted by Gasteiger charge is 2.30. The van der Waals surface area contributed by atoms with E-state index >= 15 is 0 Å². The van der Waals surface area contributed by atoms with Gasteiger partial charge in [0.25, 0.3) is 5.91 Å². The van der Waals surface area contributed by atoms with Crippen LogP contribution in [0.25, 0.3) is 11.0 Å². The Bertz CT molecular complexity index is 796. The zero-order chi connectivity index (χ0) is 18.2. The molecule has 6 heteroatoms. The molecule has 134 valence electrons. The number of nitrogens with one attached hydrogen (secondary N) is 1. The second-order valence-electron chi connectivity index (χ2n) is 7.60. The van der Waals surface area contributed by atoms with Crippen molar-refractivity contribution in [3.63, 3.8) is 0 Å². The van der Waals surface area contributed by atoms with Gasteiger partial charge in [0.2, 0.25) is 11.7 Å². The summed E-state index contributed by atoms with van der Waals surface area (Å²) in [6.07, 6.45) is 0. The third-order valence-electron chi connectivity index (χ3n) is 4.50. The Kier molecular flexibility index (Phi) is 4.56. The van der Waals surface area contributed by atoms with E-state index in [2.05, 4.69) is 10.2 Å². The first-order chi connectivity index (χ1) is 11.8. The van der Waals surface area contributed by atoms with E-state index in [0.717, 1.165) is 18.5 Å². The molecule has 0 aliphatic carbocycles. The Morgan fingerprint density at radius 1 is 1.08 bits per heavy atom. The van der Waals surface area contributed by atoms with E-state index in [4.69, 9.17) is 4.42 Å². The molecule has 1 saturated heterocycles. The molecule has 2 amide bonds. The van der Waals surface area contributed by atoms with Crippen LogP contribution in [-0.2, 0) is 4.79 Å². The smallest absolute Gasteiger partial charge is 0.291 e. The van der Waals surface area contributed by atoms with Crippen molar-refractivity contribution in [3.8, 4) is 0 Å². The van der Waals surface area contributed by atoms with Crippen LogP contribution in [0.3, 0.4) is 0 Å². The number of likely N-dealkylation sites (N-methyl/N-ethyl adjacent to an activating group) is 1. The monoisotopic (exact) mass is 343 g/mol. The van der Waals surface area contributed by atoms with Crippen molar-refractivity contribution in [2.24, 2.45) is 5.41 Å². The molecule has 25 heavy (non-hydrogen) atoms. The number of carbonyl (C=O) groups is 2. The Morgan fingerprint density at radius 2 is 1.72 bits per heavy atom. The van der Waals surface area contributed by atoms with Crippen molar-refractivity contribution in [2.75, 3.05) is 38.5 Å². The van der Waals surface area contributed by atoms with Crippen LogP contribution in [0.4, 0.5) is 5.69 Å². The lowest BCUT2D eigenvalue weighted by Crippen LogP contribution is -2.47. The van der Waals surface area contributed by atoms with E-state index in [0.29, 0.717) is 24.4 Å². The standard InChI is InChI=1S/C19H25N3O3/c1-19(2,3)18(24)20-15-13-7-5-6-8-14(13)25-16(15)17(23)22-11-9-21(4)10-12-22/h5-8H,9-12H2,1-4H3,(H,20,24). The van der Waals surface area contributed by atoms with Crippen molar-refractivity contribution in [1.82, 2.24) is 9.80 Å². The molecule has 1 N–H and O–H groups in total. The number of amides is 2. The van der Waals surface area contributed by atoms with Gasteiger partial charge in [0.05, 0.1) is 0 Å². The van der Waals surface area contributed by atoms with E-state index in [1.165, 1.54) is 0 Å². The maximum atomic E-state index is 13.0. The molecule has 2 aromatic rings. The summed E-state index contributed by atoms with van der Waals surface area (Å²) < 4.78 is 5.84. The second kappa shape index (κ2) is 6.52. The molecule has 0 unspecified atom stereocenters. The summed E-state index contributed by atoms with van der Waals surface area (Å²) in [5.41, 5.74) is 0.510. The summed E-state index contributed by atoms with van der Waals surface area (Å²) in [7, 11) is 2.04. The first-order valence-corrected chi connectivity index (χ1v) is 8.58. The highest BCUT2D eigenvalue weighted by atomic mass is 16.3. The van der Waals surface area contributed by atoms with Crippen molar-refractivity contribution >= 4 is 28.5 Å². The largest absolute Gasteiger partial charge is 0.449 e. The molecule has 0 atom stereocenters. The predicted octanol–water partition coefficient (Wildman–Crippen LogP) is 2.81. The van der Waals surface area contributed by atoms with Gasteiger partial charge >= 0.3 is 0 Å². The van der Waals surface area contributed by atoms with Gasteiger partial charge in [-0.15, -0.1) is 0 Å². The highest BCUT2D eigenvalue weighted by molar-refractivity contribution is 6.11. The lowest BCUT2D eigenvalue weighted by molar-refractivity contribution is -0.123. The van der Waals surface area contributed by atoms with Gasteiger partial charge in [-0.25, -0.2) is 0 Å². The summed E-state index contributed by atoms with van der Waals surface area (Å²) in [5, 5.41) is 3.66. The molecule has 2 heterocycles. The minimum absolute atomic E-state index is 0.147. The summed E-state index contributed by atoms with van der Waals surface area (Å²) in [6, 6.07) is 7.39.